The lowest BCUT2D eigenvalue weighted by atomic mass is 9.89. The van der Waals surface area contributed by atoms with Crippen molar-refractivity contribution in [3.05, 3.63) is 52.5 Å². The fourth-order valence-corrected chi connectivity index (χ4v) is 4.96. The van der Waals surface area contributed by atoms with Crippen LogP contribution in [0.5, 0.6) is 0 Å². The zero-order chi connectivity index (χ0) is 34.6. The molecule has 2 saturated heterocycles. The van der Waals surface area contributed by atoms with Crippen LogP contribution in [-0.2, 0) is 32.2 Å². The highest BCUT2D eigenvalue weighted by Crippen LogP contribution is 2.34. The zero-order valence-electron chi connectivity index (χ0n) is 23.1. The molecule has 254 valence electrons. The number of halogens is 9. The van der Waals surface area contributed by atoms with Crippen LogP contribution in [0, 0.1) is 5.92 Å². The van der Waals surface area contributed by atoms with Crippen molar-refractivity contribution in [3.8, 4) is 0 Å². The van der Waals surface area contributed by atoms with E-state index in [0.29, 0.717) is 18.1 Å². The van der Waals surface area contributed by atoms with E-state index in [2.05, 4.69) is 37.7 Å². The molecule has 2 aliphatic heterocycles. The Morgan fingerprint density at radius 1 is 0.889 bits per heavy atom. The van der Waals surface area contributed by atoms with E-state index in [1.165, 1.54) is 11.1 Å². The molecule has 0 amide bonds. The average Bonchev–Trinajstić information content (AvgIpc) is 3.59. The third-order valence-electron chi connectivity index (χ3n) is 6.18. The van der Waals surface area contributed by atoms with Crippen LogP contribution in [0.1, 0.15) is 17.5 Å². The molecule has 0 saturated carbocycles. The predicted octanol–water partition coefficient (Wildman–Crippen LogP) is 4.76. The minimum Gasteiger partial charge on any atom is -0.475 e. The monoisotopic (exact) mass is 685 g/mol. The number of hydrogen-bond donors (Lipinski definition) is 3. The minimum absolute atomic E-state index is 0.396. The van der Waals surface area contributed by atoms with E-state index in [1.807, 2.05) is 25.6 Å². The van der Waals surface area contributed by atoms with Crippen LogP contribution in [-0.4, -0.2) is 105 Å². The Kier molecular flexibility index (Phi) is 15.2. The summed E-state index contributed by atoms with van der Waals surface area (Å²) in [6, 6.07) is 7.05. The summed E-state index contributed by atoms with van der Waals surface area (Å²) in [7, 11) is 1.88. The van der Waals surface area contributed by atoms with Gasteiger partial charge in [0.05, 0.1) is 6.10 Å². The SMILES string of the molecule is CO[C@@H]1CCN(Cc2ccsc2)[C@@H]2CN(Cc3cccnc3)C[C@@H]21.O=C(O)C(F)(F)F.O=C(O)C(F)(F)F.O=C(O)C(F)(F)F. The second-order valence-electron chi connectivity index (χ2n) is 9.36. The first-order chi connectivity index (χ1) is 20.7. The van der Waals surface area contributed by atoms with Crippen molar-refractivity contribution < 1.29 is 74.0 Å². The maximum atomic E-state index is 10.6. The molecule has 4 rings (SSSR count). The summed E-state index contributed by atoms with van der Waals surface area (Å²) in [6.07, 6.45) is -9.88. The molecule has 4 heterocycles. The number of ether oxygens (including phenoxy) is 1. The van der Waals surface area contributed by atoms with Gasteiger partial charge in [-0.3, -0.25) is 14.8 Å². The third kappa shape index (κ3) is 14.4. The molecule has 10 nitrogen and oxygen atoms in total. The number of methoxy groups -OCH3 is 1. The normalized spacial score (nSPS) is 20.3. The van der Waals surface area contributed by atoms with E-state index >= 15 is 0 Å². The van der Waals surface area contributed by atoms with Gasteiger partial charge in [-0.2, -0.15) is 50.9 Å². The van der Waals surface area contributed by atoms with Gasteiger partial charge in [-0.15, -0.1) is 0 Å². The van der Waals surface area contributed by atoms with Gasteiger partial charge < -0.3 is 20.1 Å². The fraction of sp³-hybridized carbons (Fsp3) is 0.520. The highest BCUT2D eigenvalue weighted by Gasteiger charge is 2.44. The quantitative estimate of drug-likeness (QED) is 0.378. The first-order valence-corrected chi connectivity index (χ1v) is 13.4. The fourth-order valence-electron chi connectivity index (χ4n) is 4.30. The molecule has 45 heavy (non-hydrogen) atoms. The Morgan fingerprint density at radius 3 is 1.82 bits per heavy atom. The van der Waals surface area contributed by atoms with E-state index in [-0.39, 0.29) is 0 Å². The maximum absolute atomic E-state index is 10.6. The van der Waals surface area contributed by atoms with Crippen LogP contribution in [0.2, 0.25) is 0 Å². The van der Waals surface area contributed by atoms with Crippen molar-refractivity contribution in [3.63, 3.8) is 0 Å². The summed E-state index contributed by atoms with van der Waals surface area (Å²) >= 11 is 1.79. The number of alkyl halides is 9. The van der Waals surface area contributed by atoms with E-state index in [4.69, 9.17) is 34.4 Å². The van der Waals surface area contributed by atoms with Gasteiger partial charge in [-0.05, 0) is 40.4 Å². The molecule has 20 heteroatoms. The number of aliphatic carboxylic acids is 3. The summed E-state index contributed by atoms with van der Waals surface area (Å²) in [6.45, 7) is 5.45. The molecule has 3 N–H and O–H groups in total. The second-order valence-corrected chi connectivity index (χ2v) is 10.1. The Labute approximate surface area is 253 Å². The largest absolute Gasteiger partial charge is 0.490 e. The number of thiophene rings is 1. The number of hydrogen-bond acceptors (Lipinski definition) is 8. The van der Waals surface area contributed by atoms with E-state index in [9.17, 15) is 39.5 Å². The van der Waals surface area contributed by atoms with E-state index < -0.39 is 36.4 Å². The zero-order valence-corrected chi connectivity index (χ0v) is 24.0. The number of piperidine rings is 1. The van der Waals surface area contributed by atoms with E-state index in [1.54, 1.807) is 11.3 Å². The summed E-state index contributed by atoms with van der Waals surface area (Å²) < 4.78 is 101. The predicted molar refractivity (Wildman–Crippen MR) is 138 cm³/mol. The van der Waals surface area contributed by atoms with Crippen molar-refractivity contribution in [2.24, 2.45) is 5.92 Å². The number of carboxylic acids is 3. The highest BCUT2D eigenvalue weighted by molar-refractivity contribution is 7.07. The number of rotatable bonds is 5. The van der Waals surface area contributed by atoms with Crippen LogP contribution in [0.3, 0.4) is 0 Å². The molecular formula is C25H28F9N3O7S. The molecule has 0 radical (unpaired) electrons. The summed E-state index contributed by atoms with van der Waals surface area (Å²) in [5.41, 5.74) is 2.75. The molecule has 3 atom stereocenters. The number of carboxylic acid groups (broad SMARTS) is 3. The topological polar surface area (TPSA) is 140 Å². The van der Waals surface area contributed by atoms with Gasteiger partial charge >= 0.3 is 36.4 Å². The lowest BCUT2D eigenvalue weighted by Gasteiger charge is -2.41. The second kappa shape index (κ2) is 17.3. The maximum Gasteiger partial charge on any atom is 0.490 e. The molecule has 2 aliphatic rings. The summed E-state index contributed by atoms with van der Waals surface area (Å²) in [5, 5.41) is 25.8. The smallest absolute Gasteiger partial charge is 0.475 e. The van der Waals surface area contributed by atoms with Gasteiger partial charge in [0.25, 0.3) is 0 Å². The Bertz CT molecular complexity index is 1140. The lowest BCUT2D eigenvalue weighted by molar-refractivity contribution is -0.193. The van der Waals surface area contributed by atoms with Gasteiger partial charge in [-0.1, -0.05) is 6.07 Å². The number of nitrogens with zero attached hydrogens (tertiary/aromatic N) is 3. The average molecular weight is 686 g/mol. The Balaban J connectivity index is 0.000000396. The molecule has 0 aliphatic carbocycles. The highest BCUT2D eigenvalue weighted by atomic mass is 32.1. The standard InChI is InChI=1S/C19H25N3OS.3C2HF3O2/c1-23-19-4-7-22(11-16-5-8-24-14-16)18-13-21(12-17(18)19)10-15-3-2-6-20-9-15;3*3-2(4,5)1(6)7/h2-3,5-6,8-9,14,17-19H,4,7,10-13H2,1H3;3*(H,6,7)/t17-,18+,19+;;;/m0.../s1. The van der Waals surface area contributed by atoms with Crippen molar-refractivity contribution >= 4 is 29.2 Å². The number of aromatic nitrogens is 1. The van der Waals surface area contributed by atoms with Crippen molar-refractivity contribution in [2.75, 3.05) is 26.7 Å². The van der Waals surface area contributed by atoms with Crippen LogP contribution in [0.25, 0.3) is 0 Å². The number of pyridine rings is 1. The lowest BCUT2D eigenvalue weighted by Crippen LogP contribution is -2.50. The van der Waals surface area contributed by atoms with Crippen LogP contribution in [0.15, 0.2) is 41.4 Å². The van der Waals surface area contributed by atoms with Crippen LogP contribution < -0.4 is 0 Å². The Hall–Kier alpha value is -3.49. The first-order valence-electron chi connectivity index (χ1n) is 12.5. The van der Waals surface area contributed by atoms with Crippen LogP contribution >= 0.6 is 11.3 Å². The molecule has 0 unspecified atom stereocenters. The van der Waals surface area contributed by atoms with Crippen LogP contribution in [0.4, 0.5) is 39.5 Å². The molecule has 2 aromatic heterocycles. The van der Waals surface area contributed by atoms with E-state index in [0.717, 1.165) is 39.1 Å². The first kappa shape index (κ1) is 39.5. The molecule has 2 fully saturated rings. The number of fused-ring (bicyclic) bond motifs is 1. The Morgan fingerprint density at radius 2 is 1.42 bits per heavy atom. The molecule has 0 aromatic carbocycles. The summed E-state index contributed by atoms with van der Waals surface area (Å²) in [4.78, 5) is 36.2. The summed E-state index contributed by atoms with van der Waals surface area (Å²) in [5.74, 6) is -7.66. The van der Waals surface area contributed by atoms with Crippen molar-refractivity contribution in [1.82, 2.24) is 14.8 Å². The van der Waals surface area contributed by atoms with Gasteiger partial charge in [0, 0.05) is 64.2 Å². The third-order valence-corrected chi connectivity index (χ3v) is 6.91. The van der Waals surface area contributed by atoms with Gasteiger partial charge in [-0.25, -0.2) is 14.4 Å². The molecule has 2 aromatic rings. The molecule has 0 spiro atoms. The van der Waals surface area contributed by atoms with Gasteiger partial charge in [0.2, 0.25) is 0 Å². The molecule has 0 bridgehead atoms. The van der Waals surface area contributed by atoms with Gasteiger partial charge in [0.15, 0.2) is 0 Å². The minimum atomic E-state index is -5.08. The van der Waals surface area contributed by atoms with Gasteiger partial charge in [0.1, 0.15) is 0 Å². The molecular weight excluding hydrogens is 657 g/mol. The van der Waals surface area contributed by atoms with Crippen molar-refractivity contribution in [1.29, 1.82) is 0 Å². The number of likely N-dealkylation sites (tertiary alicyclic amines) is 2. The van der Waals surface area contributed by atoms with Crippen molar-refractivity contribution in [2.45, 2.75) is 50.2 Å². The number of carbonyl (C=O) groups is 3.